The van der Waals surface area contributed by atoms with E-state index in [0.29, 0.717) is 18.0 Å². The van der Waals surface area contributed by atoms with Crippen molar-refractivity contribution in [1.82, 2.24) is 5.32 Å². The molecule has 1 aliphatic carbocycles. The van der Waals surface area contributed by atoms with Crippen LogP contribution in [0.3, 0.4) is 0 Å². The smallest absolute Gasteiger partial charge is 0.0623 e. The highest BCUT2D eigenvalue weighted by molar-refractivity contribution is 5.85. The number of morpholine rings is 1. The van der Waals surface area contributed by atoms with Crippen LogP contribution < -0.4 is 10.6 Å². The lowest BCUT2D eigenvalue weighted by Crippen LogP contribution is -2.49. The maximum Gasteiger partial charge on any atom is 0.0623 e. The van der Waals surface area contributed by atoms with Gasteiger partial charge in [0, 0.05) is 24.3 Å². The van der Waals surface area contributed by atoms with Gasteiger partial charge in [-0.3, -0.25) is 0 Å². The van der Waals surface area contributed by atoms with Crippen molar-refractivity contribution in [1.29, 1.82) is 0 Å². The maximum absolute atomic E-state index is 5.62. The number of ether oxygens (including phenoxy) is 1. The highest BCUT2D eigenvalue weighted by atomic mass is 35.5. The number of rotatable bonds is 3. The van der Waals surface area contributed by atoms with Gasteiger partial charge in [0.15, 0.2) is 0 Å². The van der Waals surface area contributed by atoms with Crippen molar-refractivity contribution in [2.75, 3.05) is 25.1 Å². The van der Waals surface area contributed by atoms with Gasteiger partial charge in [-0.2, -0.15) is 0 Å². The molecule has 2 N–H and O–H groups in total. The van der Waals surface area contributed by atoms with Crippen molar-refractivity contribution in [2.24, 2.45) is 5.92 Å². The summed E-state index contributed by atoms with van der Waals surface area (Å²) in [5, 5.41) is 7.34. The van der Waals surface area contributed by atoms with Crippen molar-refractivity contribution < 1.29 is 4.74 Å². The van der Waals surface area contributed by atoms with Gasteiger partial charge in [-0.25, -0.2) is 0 Å². The summed E-state index contributed by atoms with van der Waals surface area (Å²) in [4.78, 5) is 0. The zero-order chi connectivity index (χ0) is 13.1. The Labute approximate surface area is 127 Å². The van der Waals surface area contributed by atoms with E-state index in [4.69, 9.17) is 4.74 Å². The fraction of sp³-hybridized carbons (Fsp3) is 0.625. The Morgan fingerprint density at radius 2 is 2.00 bits per heavy atom. The number of halogens is 1. The van der Waals surface area contributed by atoms with Gasteiger partial charge in [0.2, 0.25) is 0 Å². The number of hydrogen-bond acceptors (Lipinski definition) is 3. The minimum Gasteiger partial charge on any atom is -0.382 e. The van der Waals surface area contributed by atoms with Gasteiger partial charge >= 0.3 is 0 Å². The van der Waals surface area contributed by atoms with E-state index < -0.39 is 0 Å². The lowest BCUT2D eigenvalue weighted by molar-refractivity contribution is 0.0559. The first kappa shape index (κ1) is 15.6. The number of nitrogens with one attached hydrogen (secondary N) is 2. The molecule has 1 heterocycles. The molecule has 112 valence electrons. The third-order valence-electron chi connectivity index (χ3n) is 4.44. The molecular formula is C16H25ClN2O. The van der Waals surface area contributed by atoms with Crippen LogP contribution in [0.1, 0.15) is 24.8 Å². The minimum atomic E-state index is 0. The molecule has 1 aliphatic heterocycles. The summed E-state index contributed by atoms with van der Waals surface area (Å²) >= 11 is 0. The third kappa shape index (κ3) is 3.66. The van der Waals surface area contributed by atoms with Gasteiger partial charge < -0.3 is 15.4 Å². The molecule has 3 nitrogen and oxygen atoms in total. The number of benzene rings is 1. The molecule has 1 saturated carbocycles. The molecule has 2 fully saturated rings. The average Bonchev–Trinajstić information content (AvgIpc) is 2.90. The first-order valence-electron chi connectivity index (χ1n) is 7.47. The second-order valence-corrected chi connectivity index (χ2v) is 5.85. The van der Waals surface area contributed by atoms with Gasteiger partial charge in [0.25, 0.3) is 0 Å². The predicted molar refractivity (Wildman–Crippen MR) is 85.8 cm³/mol. The van der Waals surface area contributed by atoms with Gasteiger partial charge in [0.1, 0.15) is 0 Å². The Bertz CT molecular complexity index is 403. The molecule has 20 heavy (non-hydrogen) atoms. The summed E-state index contributed by atoms with van der Waals surface area (Å²) in [6.45, 7) is 4.86. The molecule has 3 unspecified atom stereocenters. The van der Waals surface area contributed by atoms with Crippen LogP contribution in [0.25, 0.3) is 0 Å². The normalized spacial score (nSPS) is 29.8. The molecule has 1 aromatic carbocycles. The van der Waals surface area contributed by atoms with E-state index in [1.165, 1.54) is 30.5 Å². The minimum absolute atomic E-state index is 0. The first-order valence-corrected chi connectivity index (χ1v) is 7.47. The van der Waals surface area contributed by atoms with E-state index in [2.05, 4.69) is 41.8 Å². The SMILES string of the molecule is Cc1ccc(NC2CCCC2C2COCCN2)cc1.Cl. The van der Waals surface area contributed by atoms with Gasteiger partial charge in [-0.15, -0.1) is 12.4 Å². The van der Waals surface area contributed by atoms with Crippen LogP contribution in [0.5, 0.6) is 0 Å². The highest BCUT2D eigenvalue weighted by Crippen LogP contribution is 2.31. The summed E-state index contributed by atoms with van der Waals surface area (Å²) in [6, 6.07) is 9.84. The van der Waals surface area contributed by atoms with Crippen molar-refractivity contribution in [2.45, 2.75) is 38.3 Å². The van der Waals surface area contributed by atoms with E-state index in [-0.39, 0.29) is 12.4 Å². The molecule has 3 atom stereocenters. The molecular weight excluding hydrogens is 272 g/mol. The summed E-state index contributed by atoms with van der Waals surface area (Å²) in [7, 11) is 0. The molecule has 2 aliphatic rings. The Morgan fingerprint density at radius 3 is 2.70 bits per heavy atom. The van der Waals surface area contributed by atoms with Crippen molar-refractivity contribution in [3.63, 3.8) is 0 Å². The van der Waals surface area contributed by atoms with Crippen LogP contribution >= 0.6 is 12.4 Å². The zero-order valence-corrected chi connectivity index (χ0v) is 12.9. The lowest BCUT2D eigenvalue weighted by Gasteiger charge is -2.33. The molecule has 0 bridgehead atoms. The summed E-state index contributed by atoms with van der Waals surface area (Å²) in [5.41, 5.74) is 2.56. The zero-order valence-electron chi connectivity index (χ0n) is 12.1. The third-order valence-corrected chi connectivity index (χ3v) is 4.44. The average molecular weight is 297 g/mol. The lowest BCUT2D eigenvalue weighted by atomic mass is 9.94. The van der Waals surface area contributed by atoms with Crippen molar-refractivity contribution in [3.05, 3.63) is 29.8 Å². The second kappa shape index (κ2) is 7.30. The second-order valence-electron chi connectivity index (χ2n) is 5.85. The number of hydrogen-bond donors (Lipinski definition) is 2. The quantitative estimate of drug-likeness (QED) is 0.900. The van der Waals surface area contributed by atoms with Crippen LogP contribution in [0.2, 0.25) is 0 Å². The van der Waals surface area contributed by atoms with Gasteiger partial charge in [-0.05, 0) is 37.8 Å². The van der Waals surface area contributed by atoms with E-state index in [0.717, 1.165) is 19.8 Å². The molecule has 1 aromatic rings. The van der Waals surface area contributed by atoms with Crippen LogP contribution in [-0.4, -0.2) is 31.8 Å². The highest BCUT2D eigenvalue weighted by Gasteiger charge is 2.34. The fourth-order valence-corrected chi connectivity index (χ4v) is 3.37. The maximum atomic E-state index is 5.62. The monoisotopic (exact) mass is 296 g/mol. The van der Waals surface area contributed by atoms with E-state index in [1.54, 1.807) is 0 Å². The van der Waals surface area contributed by atoms with Crippen LogP contribution in [0.4, 0.5) is 5.69 Å². The Balaban J connectivity index is 0.00000147. The summed E-state index contributed by atoms with van der Waals surface area (Å²) < 4.78 is 5.62. The van der Waals surface area contributed by atoms with Gasteiger partial charge in [-0.1, -0.05) is 24.1 Å². The first-order chi connectivity index (χ1) is 9.33. The largest absolute Gasteiger partial charge is 0.382 e. The van der Waals surface area contributed by atoms with Crippen LogP contribution in [0.15, 0.2) is 24.3 Å². The Kier molecular flexibility index (Phi) is 5.70. The Hall–Kier alpha value is -0.770. The molecule has 0 aromatic heterocycles. The molecule has 1 saturated heterocycles. The van der Waals surface area contributed by atoms with Crippen LogP contribution in [0, 0.1) is 12.8 Å². The molecule has 0 radical (unpaired) electrons. The summed E-state index contributed by atoms with van der Waals surface area (Å²) in [5.74, 6) is 0.696. The topological polar surface area (TPSA) is 33.3 Å². The standard InChI is InChI=1S/C16H24N2O.ClH/c1-12-5-7-13(8-6-12)18-15-4-2-3-14(15)16-11-19-10-9-17-16;/h5-8,14-18H,2-4,9-11H2,1H3;1H. The van der Waals surface area contributed by atoms with Crippen molar-refractivity contribution >= 4 is 18.1 Å². The fourth-order valence-electron chi connectivity index (χ4n) is 3.37. The molecule has 3 rings (SSSR count). The Morgan fingerprint density at radius 1 is 1.20 bits per heavy atom. The molecule has 0 amide bonds. The molecule has 0 spiro atoms. The number of aryl methyl sites for hydroxylation is 1. The van der Waals surface area contributed by atoms with Crippen LogP contribution in [-0.2, 0) is 4.74 Å². The van der Waals surface area contributed by atoms with E-state index >= 15 is 0 Å². The van der Waals surface area contributed by atoms with E-state index in [1.807, 2.05) is 0 Å². The van der Waals surface area contributed by atoms with Crippen molar-refractivity contribution in [3.8, 4) is 0 Å². The summed E-state index contributed by atoms with van der Waals surface area (Å²) in [6.07, 6.45) is 3.91. The molecule has 4 heteroatoms. The predicted octanol–water partition coefficient (Wildman–Crippen LogP) is 2.99. The van der Waals surface area contributed by atoms with E-state index in [9.17, 15) is 0 Å². The van der Waals surface area contributed by atoms with Gasteiger partial charge in [0.05, 0.1) is 13.2 Å². The number of anilines is 1.